The number of aryl methyl sites for hydroxylation is 1. The summed E-state index contributed by atoms with van der Waals surface area (Å²) in [6.07, 6.45) is 1.93. The van der Waals surface area contributed by atoms with E-state index in [1.54, 1.807) is 6.07 Å². The van der Waals surface area contributed by atoms with Gasteiger partial charge in [-0.25, -0.2) is 4.39 Å². The van der Waals surface area contributed by atoms with Crippen molar-refractivity contribution in [1.82, 2.24) is 4.98 Å². The van der Waals surface area contributed by atoms with Crippen molar-refractivity contribution in [2.45, 2.75) is 13.3 Å². The second-order valence-electron chi connectivity index (χ2n) is 2.05. The highest BCUT2D eigenvalue weighted by Crippen LogP contribution is 2.08. The summed E-state index contributed by atoms with van der Waals surface area (Å²) in [7, 11) is 0. The molecule has 0 amide bonds. The summed E-state index contributed by atoms with van der Waals surface area (Å²) in [5, 5.41) is 0. The van der Waals surface area contributed by atoms with Crippen LogP contribution in [-0.2, 0) is 6.42 Å². The quantitative estimate of drug-likeness (QED) is 0.639. The van der Waals surface area contributed by atoms with Gasteiger partial charge in [0, 0.05) is 5.69 Å². The highest BCUT2D eigenvalue weighted by molar-refractivity contribution is 5.38. The van der Waals surface area contributed by atoms with Gasteiger partial charge in [-0.3, -0.25) is 4.98 Å². The van der Waals surface area contributed by atoms with Crippen molar-refractivity contribution in [1.29, 1.82) is 0 Å². The van der Waals surface area contributed by atoms with E-state index in [2.05, 4.69) is 4.98 Å². The monoisotopic (exact) mass is 140 g/mol. The Balaban J connectivity index is 3.04. The van der Waals surface area contributed by atoms with Crippen molar-refractivity contribution >= 4 is 5.69 Å². The highest BCUT2D eigenvalue weighted by Gasteiger charge is 1.97. The van der Waals surface area contributed by atoms with E-state index < -0.39 is 5.82 Å². The molecule has 1 heterocycles. The van der Waals surface area contributed by atoms with Gasteiger partial charge in [-0.1, -0.05) is 6.92 Å². The molecule has 2 N–H and O–H groups in total. The molecule has 0 unspecified atom stereocenters. The van der Waals surface area contributed by atoms with Gasteiger partial charge in [0.2, 0.25) is 0 Å². The molecular formula is C7H9FN2. The lowest BCUT2D eigenvalue weighted by Gasteiger charge is -1.97. The van der Waals surface area contributed by atoms with Crippen LogP contribution < -0.4 is 5.73 Å². The van der Waals surface area contributed by atoms with Gasteiger partial charge < -0.3 is 5.73 Å². The summed E-state index contributed by atoms with van der Waals surface area (Å²) in [5.41, 5.74) is 6.27. The summed E-state index contributed by atoms with van der Waals surface area (Å²) in [5.74, 6) is -0.447. The van der Waals surface area contributed by atoms with Gasteiger partial charge in [-0.2, -0.15) is 0 Å². The lowest BCUT2D eigenvalue weighted by Crippen LogP contribution is -1.94. The Hall–Kier alpha value is -1.12. The molecule has 0 atom stereocenters. The van der Waals surface area contributed by atoms with E-state index in [4.69, 9.17) is 5.73 Å². The maximum Gasteiger partial charge on any atom is 0.164 e. The van der Waals surface area contributed by atoms with Crippen molar-refractivity contribution in [2.75, 3.05) is 5.73 Å². The van der Waals surface area contributed by atoms with Gasteiger partial charge in [0.25, 0.3) is 0 Å². The van der Waals surface area contributed by atoms with Crippen molar-refractivity contribution in [2.24, 2.45) is 0 Å². The molecule has 3 heteroatoms. The molecule has 1 aromatic heterocycles. The number of anilines is 1. The molecule has 0 aliphatic carbocycles. The minimum atomic E-state index is -0.447. The van der Waals surface area contributed by atoms with E-state index in [1.807, 2.05) is 6.92 Å². The molecular weight excluding hydrogens is 131 g/mol. The Labute approximate surface area is 58.9 Å². The normalized spacial score (nSPS) is 9.80. The second-order valence-corrected chi connectivity index (χ2v) is 2.05. The second kappa shape index (κ2) is 2.64. The van der Waals surface area contributed by atoms with Crippen molar-refractivity contribution in [3.05, 3.63) is 23.8 Å². The van der Waals surface area contributed by atoms with Crippen LogP contribution >= 0.6 is 0 Å². The molecule has 1 aromatic rings. The predicted molar refractivity (Wildman–Crippen MR) is 38.0 cm³/mol. The number of halogens is 1. The van der Waals surface area contributed by atoms with Crippen LogP contribution in [0.2, 0.25) is 0 Å². The average Bonchev–Trinajstić information content (AvgIpc) is 1.95. The predicted octanol–water partition coefficient (Wildman–Crippen LogP) is 1.37. The zero-order valence-corrected chi connectivity index (χ0v) is 5.76. The number of hydrogen-bond acceptors (Lipinski definition) is 2. The van der Waals surface area contributed by atoms with Gasteiger partial charge in [0.05, 0.1) is 11.9 Å². The molecule has 0 bridgehead atoms. The molecule has 0 fully saturated rings. The SMILES string of the molecule is CCc1cc(N)c(F)cn1. The Bertz CT molecular complexity index is 235. The topological polar surface area (TPSA) is 38.9 Å². The average molecular weight is 140 g/mol. The van der Waals surface area contributed by atoms with Crippen LogP contribution in [-0.4, -0.2) is 4.98 Å². The molecule has 0 aliphatic heterocycles. The number of hydrogen-bond donors (Lipinski definition) is 1. The van der Waals surface area contributed by atoms with E-state index >= 15 is 0 Å². The number of aromatic nitrogens is 1. The summed E-state index contributed by atoms with van der Waals surface area (Å²) in [6.45, 7) is 1.94. The number of nitrogens with two attached hydrogens (primary N) is 1. The smallest absolute Gasteiger partial charge is 0.164 e. The van der Waals surface area contributed by atoms with E-state index in [1.165, 1.54) is 0 Å². The number of nitrogen functional groups attached to an aromatic ring is 1. The zero-order chi connectivity index (χ0) is 7.56. The van der Waals surface area contributed by atoms with Gasteiger partial charge >= 0.3 is 0 Å². The van der Waals surface area contributed by atoms with Crippen molar-refractivity contribution < 1.29 is 4.39 Å². The standard InChI is InChI=1S/C7H9FN2/c1-2-5-3-7(9)6(8)4-10-5/h3-4H,2H2,1H3,(H2,9,10). The molecule has 0 radical (unpaired) electrons. The Morgan fingerprint density at radius 3 is 2.90 bits per heavy atom. The van der Waals surface area contributed by atoms with Crippen LogP contribution in [0.1, 0.15) is 12.6 Å². The van der Waals surface area contributed by atoms with E-state index in [0.29, 0.717) is 0 Å². The first kappa shape index (κ1) is 6.99. The van der Waals surface area contributed by atoms with Crippen LogP contribution in [0, 0.1) is 5.82 Å². The zero-order valence-electron chi connectivity index (χ0n) is 5.76. The molecule has 54 valence electrons. The molecule has 2 nitrogen and oxygen atoms in total. The Morgan fingerprint density at radius 1 is 1.70 bits per heavy atom. The van der Waals surface area contributed by atoms with Crippen LogP contribution in [0.5, 0.6) is 0 Å². The van der Waals surface area contributed by atoms with Crippen LogP contribution in [0.3, 0.4) is 0 Å². The summed E-state index contributed by atoms with van der Waals surface area (Å²) in [4.78, 5) is 3.80. The fraction of sp³-hybridized carbons (Fsp3) is 0.286. The van der Waals surface area contributed by atoms with Crippen molar-refractivity contribution in [3.63, 3.8) is 0 Å². The lowest BCUT2D eigenvalue weighted by molar-refractivity contribution is 0.624. The van der Waals surface area contributed by atoms with Gasteiger partial charge in [-0.15, -0.1) is 0 Å². The fourth-order valence-electron chi connectivity index (χ4n) is 0.693. The van der Waals surface area contributed by atoms with Gasteiger partial charge in [-0.05, 0) is 12.5 Å². The highest BCUT2D eigenvalue weighted by atomic mass is 19.1. The molecule has 10 heavy (non-hydrogen) atoms. The third-order valence-corrected chi connectivity index (χ3v) is 1.30. The third-order valence-electron chi connectivity index (χ3n) is 1.30. The molecule has 0 aromatic carbocycles. The van der Waals surface area contributed by atoms with Crippen LogP contribution in [0.4, 0.5) is 10.1 Å². The molecule has 0 aliphatic rings. The Kier molecular flexibility index (Phi) is 1.85. The minimum Gasteiger partial charge on any atom is -0.396 e. The number of rotatable bonds is 1. The minimum absolute atomic E-state index is 0.173. The maximum absolute atomic E-state index is 12.4. The lowest BCUT2D eigenvalue weighted by atomic mass is 10.3. The first-order chi connectivity index (χ1) is 4.74. The molecule has 0 saturated heterocycles. The summed E-state index contributed by atoms with van der Waals surface area (Å²) < 4.78 is 12.4. The molecule has 0 saturated carbocycles. The van der Waals surface area contributed by atoms with Crippen molar-refractivity contribution in [3.8, 4) is 0 Å². The van der Waals surface area contributed by atoms with Crippen LogP contribution in [0.15, 0.2) is 12.3 Å². The number of pyridine rings is 1. The third kappa shape index (κ3) is 1.23. The maximum atomic E-state index is 12.4. The Morgan fingerprint density at radius 2 is 2.40 bits per heavy atom. The molecule has 1 rings (SSSR count). The van der Waals surface area contributed by atoms with Gasteiger partial charge in [0.1, 0.15) is 0 Å². The van der Waals surface area contributed by atoms with Crippen LogP contribution in [0.25, 0.3) is 0 Å². The first-order valence-electron chi connectivity index (χ1n) is 3.14. The first-order valence-corrected chi connectivity index (χ1v) is 3.14. The van der Waals surface area contributed by atoms with E-state index in [9.17, 15) is 4.39 Å². The van der Waals surface area contributed by atoms with E-state index in [0.717, 1.165) is 18.3 Å². The summed E-state index contributed by atoms with van der Waals surface area (Å²) in [6, 6.07) is 1.55. The van der Waals surface area contributed by atoms with E-state index in [-0.39, 0.29) is 5.69 Å². The molecule has 0 spiro atoms. The summed E-state index contributed by atoms with van der Waals surface area (Å²) >= 11 is 0. The fourth-order valence-corrected chi connectivity index (χ4v) is 0.693. The largest absolute Gasteiger partial charge is 0.396 e. The number of nitrogens with zero attached hydrogens (tertiary/aromatic N) is 1. The van der Waals surface area contributed by atoms with Gasteiger partial charge in [0.15, 0.2) is 5.82 Å².